The molecule has 2 aromatic carbocycles. The number of nitrogens with one attached hydrogen (secondary N) is 1. The number of piperidine rings is 1. The monoisotopic (exact) mass is 391 g/mol. The SMILES string of the molecule is CC(C)c1ccc(CNC(=O)c2ccc3c(c2)N(C)[C@H]2CCCCN2C3=O)cc1. The van der Waals surface area contributed by atoms with Gasteiger partial charge in [0.1, 0.15) is 6.17 Å². The Bertz CT molecular complexity index is 920. The second-order valence-electron chi connectivity index (χ2n) is 8.40. The first-order valence-electron chi connectivity index (χ1n) is 10.5. The lowest BCUT2D eigenvalue weighted by Gasteiger charge is -2.46. The molecule has 29 heavy (non-hydrogen) atoms. The lowest BCUT2D eigenvalue weighted by Crippen LogP contribution is -2.55. The summed E-state index contributed by atoms with van der Waals surface area (Å²) in [7, 11) is 2.02. The Kier molecular flexibility index (Phi) is 5.31. The Morgan fingerprint density at radius 1 is 1.14 bits per heavy atom. The van der Waals surface area contributed by atoms with Crippen molar-refractivity contribution in [2.24, 2.45) is 0 Å². The van der Waals surface area contributed by atoms with Crippen LogP contribution in [0.4, 0.5) is 5.69 Å². The number of anilines is 1. The summed E-state index contributed by atoms with van der Waals surface area (Å²) in [4.78, 5) is 29.7. The third-order valence-corrected chi connectivity index (χ3v) is 6.15. The highest BCUT2D eigenvalue weighted by Crippen LogP contribution is 2.34. The Labute approximate surface area is 172 Å². The highest BCUT2D eigenvalue weighted by molar-refractivity contribution is 6.04. The Morgan fingerprint density at radius 3 is 2.62 bits per heavy atom. The quantitative estimate of drug-likeness (QED) is 0.852. The maximum atomic E-state index is 12.9. The van der Waals surface area contributed by atoms with Crippen LogP contribution in [0.25, 0.3) is 0 Å². The second-order valence-corrected chi connectivity index (χ2v) is 8.40. The number of benzene rings is 2. The molecule has 1 atom stereocenters. The number of hydrogen-bond acceptors (Lipinski definition) is 3. The van der Waals surface area contributed by atoms with Crippen LogP contribution in [0.1, 0.15) is 70.9 Å². The van der Waals surface area contributed by atoms with Crippen molar-refractivity contribution in [2.45, 2.75) is 51.7 Å². The summed E-state index contributed by atoms with van der Waals surface area (Å²) in [6, 6.07) is 13.8. The summed E-state index contributed by atoms with van der Waals surface area (Å²) in [5, 5.41) is 3.00. The molecule has 1 saturated heterocycles. The topological polar surface area (TPSA) is 52.7 Å². The number of carbonyl (C=O) groups is 2. The van der Waals surface area contributed by atoms with Crippen LogP contribution in [0.5, 0.6) is 0 Å². The van der Waals surface area contributed by atoms with E-state index in [2.05, 4.69) is 48.3 Å². The Morgan fingerprint density at radius 2 is 1.90 bits per heavy atom. The van der Waals surface area contributed by atoms with Crippen LogP contribution in [0.2, 0.25) is 0 Å². The fourth-order valence-corrected chi connectivity index (χ4v) is 4.32. The van der Waals surface area contributed by atoms with Crippen molar-refractivity contribution in [1.29, 1.82) is 0 Å². The molecule has 0 aliphatic carbocycles. The molecule has 2 amide bonds. The lowest BCUT2D eigenvalue weighted by molar-refractivity contribution is 0.0589. The molecule has 2 aromatic rings. The van der Waals surface area contributed by atoms with Gasteiger partial charge in [-0.05, 0) is 54.5 Å². The van der Waals surface area contributed by atoms with E-state index in [-0.39, 0.29) is 18.0 Å². The maximum Gasteiger partial charge on any atom is 0.257 e. The fraction of sp³-hybridized carbons (Fsp3) is 0.417. The van der Waals surface area contributed by atoms with E-state index in [1.54, 1.807) is 12.1 Å². The van der Waals surface area contributed by atoms with Gasteiger partial charge in [-0.15, -0.1) is 0 Å². The number of fused-ring (bicyclic) bond motifs is 2. The van der Waals surface area contributed by atoms with Gasteiger partial charge in [0.05, 0.1) is 11.3 Å². The Balaban J connectivity index is 1.49. The predicted octanol–water partition coefficient (Wildman–Crippen LogP) is 4.14. The van der Waals surface area contributed by atoms with E-state index >= 15 is 0 Å². The first-order valence-corrected chi connectivity index (χ1v) is 10.5. The van der Waals surface area contributed by atoms with Gasteiger partial charge in [-0.3, -0.25) is 9.59 Å². The van der Waals surface area contributed by atoms with E-state index in [4.69, 9.17) is 0 Å². The molecule has 2 aliphatic rings. The third kappa shape index (κ3) is 3.74. The number of rotatable bonds is 4. The highest BCUT2D eigenvalue weighted by Gasteiger charge is 2.37. The summed E-state index contributed by atoms with van der Waals surface area (Å²) in [5.74, 6) is 0.460. The molecule has 152 valence electrons. The van der Waals surface area contributed by atoms with Gasteiger partial charge in [-0.1, -0.05) is 38.1 Å². The van der Waals surface area contributed by atoms with E-state index in [1.165, 1.54) is 5.56 Å². The average Bonchev–Trinajstić information content (AvgIpc) is 2.75. The van der Waals surface area contributed by atoms with Crippen LogP contribution in [-0.4, -0.2) is 36.5 Å². The van der Waals surface area contributed by atoms with E-state index in [9.17, 15) is 9.59 Å². The molecule has 5 nitrogen and oxygen atoms in total. The molecule has 4 rings (SSSR count). The molecule has 0 bridgehead atoms. The fourth-order valence-electron chi connectivity index (χ4n) is 4.32. The van der Waals surface area contributed by atoms with Crippen molar-refractivity contribution in [3.63, 3.8) is 0 Å². The van der Waals surface area contributed by atoms with Gasteiger partial charge in [0.25, 0.3) is 11.8 Å². The largest absolute Gasteiger partial charge is 0.354 e. The smallest absolute Gasteiger partial charge is 0.257 e. The van der Waals surface area contributed by atoms with Crippen molar-refractivity contribution >= 4 is 17.5 Å². The van der Waals surface area contributed by atoms with Gasteiger partial charge in [0.2, 0.25) is 0 Å². The lowest BCUT2D eigenvalue weighted by atomic mass is 9.97. The Hall–Kier alpha value is -2.82. The summed E-state index contributed by atoms with van der Waals surface area (Å²) in [6.45, 7) is 5.63. The molecule has 1 N–H and O–H groups in total. The molecule has 0 unspecified atom stereocenters. The zero-order valence-electron chi connectivity index (χ0n) is 17.4. The molecule has 2 aliphatic heterocycles. The van der Waals surface area contributed by atoms with Gasteiger partial charge >= 0.3 is 0 Å². The van der Waals surface area contributed by atoms with Gasteiger partial charge in [0, 0.05) is 25.7 Å². The second kappa shape index (κ2) is 7.90. The zero-order valence-corrected chi connectivity index (χ0v) is 17.4. The summed E-state index contributed by atoms with van der Waals surface area (Å²) in [5.41, 5.74) is 4.50. The summed E-state index contributed by atoms with van der Waals surface area (Å²) in [6.07, 6.45) is 3.26. The molecule has 0 aromatic heterocycles. The van der Waals surface area contributed by atoms with E-state index < -0.39 is 0 Å². The average molecular weight is 392 g/mol. The van der Waals surface area contributed by atoms with Crippen molar-refractivity contribution < 1.29 is 9.59 Å². The van der Waals surface area contributed by atoms with Crippen LogP contribution >= 0.6 is 0 Å². The van der Waals surface area contributed by atoms with E-state index in [1.807, 2.05) is 18.0 Å². The van der Waals surface area contributed by atoms with Crippen LogP contribution in [-0.2, 0) is 6.54 Å². The van der Waals surface area contributed by atoms with Crippen LogP contribution < -0.4 is 10.2 Å². The van der Waals surface area contributed by atoms with Gasteiger partial charge in [0.15, 0.2) is 0 Å². The van der Waals surface area contributed by atoms with Crippen molar-refractivity contribution in [1.82, 2.24) is 10.2 Å². The molecule has 2 heterocycles. The summed E-state index contributed by atoms with van der Waals surface area (Å²) < 4.78 is 0. The van der Waals surface area contributed by atoms with Crippen LogP contribution in [0.3, 0.4) is 0 Å². The summed E-state index contributed by atoms with van der Waals surface area (Å²) >= 11 is 0. The first kappa shape index (κ1) is 19.5. The molecular formula is C24H29N3O2. The number of carbonyl (C=O) groups excluding carboxylic acids is 2. The molecular weight excluding hydrogens is 362 g/mol. The van der Waals surface area contributed by atoms with Crippen molar-refractivity contribution in [3.8, 4) is 0 Å². The highest BCUT2D eigenvalue weighted by atomic mass is 16.2. The molecule has 0 radical (unpaired) electrons. The van der Waals surface area contributed by atoms with Crippen molar-refractivity contribution in [2.75, 3.05) is 18.5 Å². The van der Waals surface area contributed by atoms with Gasteiger partial charge in [-0.2, -0.15) is 0 Å². The van der Waals surface area contributed by atoms with Crippen LogP contribution in [0.15, 0.2) is 42.5 Å². The third-order valence-electron chi connectivity index (χ3n) is 6.15. The van der Waals surface area contributed by atoms with Crippen LogP contribution in [0, 0.1) is 0 Å². The standard InChI is InChI=1S/C24H29N3O2/c1-16(2)18-9-7-17(8-10-18)15-25-23(28)19-11-12-20-21(14-19)26(3)22-6-4-5-13-27(22)24(20)29/h7-12,14,16,22H,4-6,13,15H2,1-3H3,(H,25,28)/t22-/m1/s1. The minimum atomic E-state index is -0.118. The minimum Gasteiger partial charge on any atom is -0.354 e. The molecule has 5 heteroatoms. The van der Waals surface area contributed by atoms with Crippen molar-refractivity contribution in [3.05, 3.63) is 64.7 Å². The van der Waals surface area contributed by atoms with Gasteiger partial charge < -0.3 is 15.1 Å². The van der Waals surface area contributed by atoms with E-state index in [0.29, 0.717) is 23.6 Å². The number of amides is 2. The maximum absolute atomic E-state index is 12.9. The zero-order chi connectivity index (χ0) is 20.5. The number of nitrogens with zero attached hydrogens (tertiary/aromatic N) is 2. The minimum absolute atomic E-state index is 0.0833. The van der Waals surface area contributed by atoms with Gasteiger partial charge in [-0.25, -0.2) is 0 Å². The first-order chi connectivity index (χ1) is 14.0. The number of hydrogen-bond donors (Lipinski definition) is 1. The predicted molar refractivity (Wildman–Crippen MR) is 115 cm³/mol. The van der Waals surface area contributed by atoms with E-state index in [0.717, 1.165) is 37.1 Å². The molecule has 0 spiro atoms. The normalized spacial score (nSPS) is 18.5. The molecule has 1 fully saturated rings. The molecule has 0 saturated carbocycles.